The molecule has 1 N–H and O–H groups in total. The average molecular weight is 609 g/mol. The topological polar surface area (TPSA) is 46.5 Å². The summed E-state index contributed by atoms with van der Waals surface area (Å²) in [7, 11) is 0. The van der Waals surface area contributed by atoms with Gasteiger partial charge in [0.1, 0.15) is 0 Å². The minimum atomic E-state index is -0.00172. The van der Waals surface area contributed by atoms with Crippen LogP contribution in [0.5, 0.6) is 0 Å². The zero-order chi connectivity index (χ0) is 31.7. The summed E-state index contributed by atoms with van der Waals surface area (Å²) in [6.07, 6.45) is 46.3. The van der Waals surface area contributed by atoms with E-state index in [2.05, 4.69) is 32.9 Å². The lowest BCUT2D eigenvalue weighted by atomic mass is 10.0. The Kier molecular flexibility index (Phi) is 44.6. The molecule has 43 heavy (non-hydrogen) atoms. The van der Waals surface area contributed by atoms with Gasteiger partial charge in [-0.05, 0) is 44.9 Å². The zero-order valence-corrected chi connectivity index (χ0v) is 30.0. The number of ether oxygens (including phenoxy) is 1. The molecule has 3 nitrogen and oxygen atoms in total. The number of hydrogen-bond donors (Lipinski definition) is 1. The van der Waals surface area contributed by atoms with E-state index in [0.29, 0.717) is 19.6 Å². The van der Waals surface area contributed by atoms with Crippen LogP contribution in [0.25, 0.3) is 0 Å². The number of aliphatic hydroxyl groups excluding tert-OH is 1. The summed E-state index contributed by atoms with van der Waals surface area (Å²) in [4.78, 5) is 11.4. The van der Waals surface area contributed by atoms with E-state index in [9.17, 15) is 4.79 Å². The van der Waals surface area contributed by atoms with Crippen molar-refractivity contribution in [2.24, 2.45) is 0 Å². The van der Waals surface area contributed by atoms with E-state index in [1.165, 1.54) is 173 Å². The molecule has 0 aliphatic carbocycles. The molecule has 0 heterocycles. The van der Waals surface area contributed by atoms with Gasteiger partial charge < -0.3 is 9.84 Å². The van der Waals surface area contributed by atoms with Crippen LogP contribution in [0, 0.1) is 0 Å². The summed E-state index contributed by atoms with van der Waals surface area (Å²) < 4.78 is 5.16. The fraction of sp³-hybridized carbons (Fsp3) is 0.925. The van der Waals surface area contributed by atoms with Crippen molar-refractivity contribution < 1.29 is 14.6 Å². The third kappa shape index (κ3) is 45.7. The lowest BCUT2D eigenvalue weighted by molar-refractivity contribution is -0.143. The first-order valence-electron chi connectivity index (χ1n) is 19.6. The van der Waals surface area contributed by atoms with Crippen LogP contribution < -0.4 is 0 Å². The molecule has 0 spiro atoms. The number of allylic oxidation sites excluding steroid dienone is 2. The SMILES string of the molecule is CCCCCCCCC=CCCCCCCCCO.CCCCCCCCCCCCCCCCCC(=O)OCCCC. The number of unbranched alkanes of at least 4 members (excludes halogenated alkanes) is 27. The molecule has 0 aromatic carbocycles. The molecule has 0 unspecified atom stereocenters. The minimum absolute atomic E-state index is 0.00172. The van der Waals surface area contributed by atoms with Crippen molar-refractivity contribution in [3.8, 4) is 0 Å². The van der Waals surface area contributed by atoms with Gasteiger partial charge in [0.05, 0.1) is 6.61 Å². The molecule has 0 radical (unpaired) electrons. The van der Waals surface area contributed by atoms with Gasteiger partial charge in [-0.15, -0.1) is 0 Å². The van der Waals surface area contributed by atoms with E-state index in [1.54, 1.807) is 0 Å². The predicted molar refractivity (Wildman–Crippen MR) is 192 cm³/mol. The fourth-order valence-electron chi connectivity index (χ4n) is 5.40. The second-order valence-corrected chi connectivity index (χ2v) is 12.9. The highest BCUT2D eigenvalue weighted by Gasteiger charge is 2.02. The Bertz CT molecular complexity index is 516. The monoisotopic (exact) mass is 609 g/mol. The van der Waals surface area contributed by atoms with Crippen LogP contribution in [-0.2, 0) is 9.53 Å². The Morgan fingerprint density at radius 1 is 0.442 bits per heavy atom. The van der Waals surface area contributed by atoms with E-state index in [0.717, 1.165) is 25.7 Å². The third-order valence-corrected chi connectivity index (χ3v) is 8.42. The van der Waals surface area contributed by atoms with Gasteiger partial charge in [0.2, 0.25) is 0 Å². The van der Waals surface area contributed by atoms with E-state index in [4.69, 9.17) is 9.84 Å². The number of carbonyl (C=O) groups excluding carboxylic acids is 1. The van der Waals surface area contributed by atoms with Gasteiger partial charge in [-0.3, -0.25) is 4.79 Å². The van der Waals surface area contributed by atoms with Crippen LogP contribution in [0.15, 0.2) is 12.2 Å². The first kappa shape index (κ1) is 44.3. The van der Waals surface area contributed by atoms with Crippen molar-refractivity contribution in [2.45, 2.75) is 226 Å². The summed E-state index contributed by atoms with van der Waals surface area (Å²) in [5.74, 6) is -0.00172. The van der Waals surface area contributed by atoms with Crippen LogP contribution >= 0.6 is 0 Å². The van der Waals surface area contributed by atoms with Gasteiger partial charge in [0.25, 0.3) is 0 Å². The Hall–Kier alpha value is -0.830. The average Bonchev–Trinajstić information content (AvgIpc) is 3.01. The van der Waals surface area contributed by atoms with Crippen molar-refractivity contribution in [1.29, 1.82) is 0 Å². The summed E-state index contributed by atoms with van der Waals surface area (Å²) >= 11 is 0. The molecular weight excluding hydrogens is 528 g/mol. The predicted octanol–water partition coefficient (Wildman–Crippen LogP) is 13.6. The second kappa shape index (κ2) is 43.3. The van der Waals surface area contributed by atoms with Crippen LogP contribution in [0.4, 0.5) is 0 Å². The van der Waals surface area contributed by atoms with Gasteiger partial charge >= 0.3 is 5.97 Å². The van der Waals surface area contributed by atoms with Crippen molar-refractivity contribution in [3.63, 3.8) is 0 Å². The lowest BCUT2D eigenvalue weighted by Gasteiger charge is -2.04. The van der Waals surface area contributed by atoms with Gasteiger partial charge in [0, 0.05) is 13.0 Å². The summed E-state index contributed by atoms with van der Waals surface area (Å²) in [6.45, 7) is 7.63. The Morgan fingerprint density at radius 3 is 1.14 bits per heavy atom. The molecule has 0 aliphatic rings. The van der Waals surface area contributed by atoms with E-state index in [-0.39, 0.29) is 5.97 Å². The van der Waals surface area contributed by atoms with Crippen LogP contribution in [-0.4, -0.2) is 24.3 Å². The molecule has 258 valence electrons. The summed E-state index contributed by atoms with van der Waals surface area (Å²) in [5.41, 5.74) is 0. The van der Waals surface area contributed by atoms with E-state index >= 15 is 0 Å². The smallest absolute Gasteiger partial charge is 0.305 e. The molecule has 0 aromatic heterocycles. The lowest BCUT2D eigenvalue weighted by Crippen LogP contribution is -2.05. The molecule has 3 heteroatoms. The number of hydrogen-bond acceptors (Lipinski definition) is 3. The molecule has 0 amide bonds. The molecule has 0 rings (SSSR count). The summed E-state index contributed by atoms with van der Waals surface area (Å²) in [6, 6.07) is 0. The van der Waals surface area contributed by atoms with Crippen LogP contribution in [0.2, 0.25) is 0 Å². The van der Waals surface area contributed by atoms with Gasteiger partial charge in [-0.1, -0.05) is 187 Å². The fourth-order valence-corrected chi connectivity index (χ4v) is 5.40. The first-order valence-corrected chi connectivity index (χ1v) is 19.6. The largest absolute Gasteiger partial charge is 0.466 e. The van der Waals surface area contributed by atoms with Crippen LogP contribution in [0.1, 0.15) is 226 Å². The quantitative estimate of drug-likeness (QED) is 0.0449. The molecule has 0 bridgehead atoms. The second-order valence-electron chi connectivity index (χ2n) is 12.9. The highest BCUT2D eigenvalue weighted by Crippen LogP contribution is 2.14. The molecular formula is C40H80O3. The Balaban J connectivity index is 0. The molecule has 0 saturated carbocycles. The molecule has 0 aliphatic heterocycles. The van der Waals surface area contributed by atoms with Crippen molar-refractivity contribution in [3.05, 3.63) is 12.2 Å². The maximum Gasteiger partial charge on any atom is 0.305 e. The standard InChI is InChI=1S/C22H44O2.C18H36O/c1-3-5-7-8-9-10-11-12-13-14-15-16-17-18-19-20-22(23)24-21-6-4-2;1-2-3-4-5-6-7-8-9-10-11-12-13-14-15-16-17-18-19/h3-21H2,1-2H3;9-10,19H,2-8,11-18H2,1H3. The molecule has 0 fully saturated rings. The van der Waals surface area contributed by atoms with Gasteiger partial charge in [-0.2, -0.15) is 0 Å². The third-order valence-electron chi connectivity index (χ3n) is 8.42. The maximum absolute atomic E-state index is 11.4. The van der Waals surface area contributed by atoms with Crippen molar-refractivity contribution >= 4 is 5.97 Å². The molecule has 0 aromatic rings. The maximum atomic E-state index is 11.4. The Labute approximate surface area is 271 Å². The number of aliphatic hydroxyl groups is 1. The first-order chi connectivity index (χ1) is 21.2. The van der Waals surface area contributed by atoms with Crippen molar-refractivity contribution in [2.75, 3.05) is 13.2 Å². The summed E-state index contributed by atoms with van der Waals surface area (Å²) in [5, 5.41) is 8.66. The zero-order valence-electron chi connectivity index (χ0n) is 30.0. The molecule has 0 atom stereocenters. The van der Waals surface area contributed by atoms with Crippen LogP contribution in [0.3, 0.4) is 0 Å². The van der Waals surface area contributed by atoms with Crippen molar-refractivity contribution in [1.82, 2.24) is 0 Å². The van der Waals surface area contributed by atoms with E-state index in [1.807, 2.05) is 0 Å². The molecule has 0 saturated heterocycles. The number of esters is 1. The van der Waals surface area contributed by atoms with Gasteiger partial charge in [-0.25, -0.2) is 0 Å². The van der Waals surface area contributed by atoms with E-state index < -0.39 is 0 Å². The highest BCUT2D eigenvalue weighted by molar-refractivity contribution is 5.69. The minimum Gasteiger partial charge on any atom is -0.466 e. The Morgan fingerprint density at radius 2 is 0.767 bits per heavy atom. The van der Waals surface area contributed by atoms with Gasteiger partial charge in [0.15, 0.2) is 0 Å². The number of rotatable bonds is 34. The highest BCUT2D eigenvalue weighted by atomic mass is 16.5. The normalized spacial score (nSPS) is 11.2. The number of carbonyl (C=O) groups is 1.